The van der Waals surface area contributed by atoms with Gasteiger partial charge in [0.15, 0.2) is 0 Å². The summed E-state index contributed by atoms with van der Waals surface area (Å²) in [5.41, 5.74) is 0.740. The van der Waals surface area contributed by atoms with Crippen molar-refractivity contribution in [1.29, 1.82) is 0 Å². The molecule has 1 aliphatic heterocycles. The number of hydrogen-bond acceptors (Lipinski definition) is 4. The molecule has 1 aliphatic rings. The minimum atomic E-state index is -3.73. The van der Waals surface area contributed by atoms with Gasteiger partial charge in [-0.05, 0) is 64.3 Å². The van der Waals surface area contributed by atoms with E-state index in [1.165, 1.54) is 10.4 Å². The number of sulfonamides is 1. The molecule has 1 heterocycles. The molecular formula is C17H25NO5S. The summed E-state index contributed by atoms with van der Waals surface area (Å²) in [5.74, 6) is -0.946. The Morgan fingerprint density at radius 2 is 2.00 bits per heavy atom. The van der Waals surface area contributed by atoms with Gasteiger partial charge in [-0.15, -0.1) is 0 Å². The van der Waals surface area contributed by atoms with Gasteiger partial charge in [-0.1, -0.05) is 0 Å². The molecule has 2 rings (SSSR count). The van der Waals surface area contributed by atoms with Gasteiger partial charge in [-0.2, -0.15) is 4.31 Å². The van der Waals surface area contributed by atoms with Crippen molar-refractivity contribution >= 4 is 16.0 Å². The summed E-state index contributed by atoms with van der Waals surface area (Å²) >= 11 is 0. The molecule has 0 bridgehead atoms. The molecule has 0 radical (unpaired) electrons. The highest BCUT2D eigenvalue weighted by Gasteiger charge is 2.37. The molecule has 0 saturated carbocycles. The molecule has 2 unspecified atom stereocenters. The molecule has 1 aromatic rings. The van der Waals surface area contributed by atoms with Crippen molar-refractivity contribution in [2.75, 3.05) is 6.54 Å². The molecule has 0 aliphatic carbocycles. The van der Waals surface area contributed by atoms with Crippen LogP contribution in [0.5, 0.6) is 5.75 Å². The number of hydrogen-bond donors (Lipinski definition) is 1. The van der Waals surface area contributed by atoms with Crippen LogP contribution in [0.2, 0.25) is 0 Å². The summed E-state index contributed by atoms with van der Waals surface area (Å²) < 4.78 is 32.8. The number of aryl methyl sites for hydroxylation is 1. The third-order valence-electron chi connectivity index (χ3n) is 4.29. The minimum Gasteiger partial charge on any atom is -0.491 e. The summed E-state index contributed by atoms with van der Waals surface area (Å²) in [6.07, 6.45) is 1.05. The van der Waals surface area contributed by atoms with Crippen LogP contribution >= 0.6 is 0 Å². The standard InChI is InChI=1S/C17H25NO5S/c1-11(2)23-16-8-7-15(9-12(16)3)24(21,22)18-10-14(17(19)20)6-5-13(18)4/h7-9,11,13-14H,5-6,10H2,1-4H3,(H,19,20). The minimum absolute atomic E-state index is 0.00426. The van der Waals surface area contributed by atoms with Crippen LogP contribution in [0.3, 0.4) is 0 Å². The summed E-state index contributed by atoms with van der Waals surface area (Å²) in [6.45, 7) is 7.45. The number of carboxylic acid groups (broad SMARTS) is 1. The molecule has 0 amide bonds. The van der Waals surface area contributed by atoms with Gasteiger partial charge in [0.05, 0.1) is 16.9 Å². The zero-order valence-electron chi connectivity index (χ0n) is 14.5. The average molecular weight is 355 g/mol. The van der Waals surface area contributed by atoms with Crippen molar-refractivity contribution in [1.82, 2.24) is 4.31 Å². The number of carboxylic acids is 1. The first kappa shape index (κ1) is 18.7. The molecule has 0 aromatic heterocycles. The summed E-state index contributed by atoms with van der Waals surface area (Å²) in [5, 5.41) is 9.20. The number of ether oxygens (including phenoxy) is 1. The smallest absolute Gasteiger partial charge is 0.307 e. The second kappa shape index (κ2) is 7.11. The normalized spacial score (nSPS) is 22.5. The largest absolute Gasteiger partial charge is 0.491 e. The fourth-order valence-corrected chi connectivity index (χ4v) is 4.71. The first-order chi connectivity index (χ1) is 11.1. The van der Waals surface area contributed by atoms with Crippen LogP contribution in [0, 0.1) is 12.8 Å². The number of rotatable bonds is 5. The van der Waals surface area contributed by atoms with Gasteiger partial charge in [0.2, 0.25) is 10.0 Å². The van der Waals surface area contributed by atoms with Crippen molar-refractivity contribution in [3.05, 3.63) is 23.8 Å². The van der Waals surface area contributed by atoms with E-state index < -0.39 is 21.9 Å². The van der Waals surface area contributed by atoms with Gasteiger partial charge >= 0.3 is 5.97 Å². The van der Waals surface area contributed by atoms with E-state index in [1.807, 2.05) is 20.8 Å². The van der Waals surface area contributed by atoms with E-state index in [1.54, 1.807) is 19.1 Å². The van der Waals surface area contributed by atoms with Crippen molar-refractivity contribution in [3.8, 4) is 5.75 Å². The summed E-state index contributed by atoms with van der Waals surface area (Å²) in [6, 6.07) is 4.56. The Kier molecular flexibility index (Phi) is 5.55. The third-order valence-corrected chi connectivity index (χ3v) is 6.27. The molecule has 134 valence electrons. The van der Waals surface area contributed by atoms with Gasteiger partial charge in [-0.25, -0.2) is 8.42 Å². The van der Waals surface area contributed by atoms with Crippen LogP contribution in [0.1, 0.15) is 39.2 Å². The van der Waals surface area contributed by atoms with Gasteiger partial charge in [0.25, 0.3) is 0 Å². The topological polar surface area (TPSA) is 83.9 Å². The highest BCUT2D eigenvalue weighted by atomic mass is 32.2. The van der Waals surface area contributed by atoms with Crippen molar-refractivity contribution < 1.29 is 23.1 Å². The fraction of sp³-hybridized carbons (Fsp3) is 0.588. The Balaban J connectivity index is 2.32. The van der Waals surface area contributed by atoms with E-state index in [-0.39, 0.29) is 23.6 Å². The van der Waals surface area contributed by atoms with E-state index in [2.05, 4.69) is 0 Å². The molecule has 1 N–H and O–H groups in total. The maximum Gasteiger partial charge on any atom is 0.307 e. The molecule has 1 fully saturated rings. The number of piperidine rings is 1. The predicted molar refractivity (Wildman–Crippen MR) is 90.7 cm³/mol. The Morgan fingerprint density at radius 3 is 2.54 bits per heavy atom. The second-order valence-corrected chi connectivity index (χ2v) is 8.52. The molecule has 1 aromatic carbocycles. The molecule has 1 saturated heterocycles. The summed E-state index contributed by atoms with van der Waals surface area (Å²) in [7, 11) is -3.73. The van der Waals surface area contributed by atoms with E-state index in [4.69, 9.17) is 4.74 Å². The van der Waals surface area contributed by atoms with Gasteiger partial charge in [0, 0.05) is 12.6 Å². The molecule has 0 spiro atoms. The quantitative estimate of drug-likeness (QED) is 0.878. The molecule has 6 nitrogen and oxygen atoms in total. The Labute approximate surface area is 143 Å². The van der Waals surface area contributed by atoms with E-state index >= 15 is 0 Å². The highest BCUT2D eigenvalue weighted by molar-refractivity contribution is 7.89. The van der Waals surface area contributed by atoms with Crippen LogP contribution in [0.25, 0.3) is 0 Å². The summed E-state index contributed by atoms with van der Waals surface area (Å²) in [4.78, 5) is 11.4. The number of carbonyl (C=O) groups is 1. The Hall–Kier alpha value is -1.60. The van der Waals surface area contributed by atoms with Crippen LogP contribution in [-0.2, 0) is 14.8 Å². The van der Waals surface area contributed by atoms with Crippen LogP contribution < -0.4 is 4.74 Å². The first-order valence-electron chi connectivity index (χ1n) is 8.15. The lowest BCUT2D eigenvalue weighted by Gasteiger charge is -2.35. The van der Waals surface area contributed by atoms with E-state index in [0.29, 0.717) is 18.6 Å². The van der Waals surface area contributed by atoms with Gasteiger partial charge < -0.3 is 9.84 Å². The maximum atomic E-state index is 12.9. The highest BCUT2D eigenvalue weighted by Crippen LogP contribution is 2.30. The maximum absolute atomic E-state index is 12.9. The zero-order valence-corrected chi connectivity index (χ0v) is 15.3. The lowest BCUT2D eigenvalue weighted by molar-refractivity contribution is -0.143. The molecule has 2 atom stereocenters. The van der Waals surface area contributed by atoms with E-state index in [9.17, 15) is 18.3 Å². The van der Waals surface area contributed by atoms with Gasteiger partial charge in [0.1, 0.15) is 5.75 Å². The van der Waals surface area contributed by atoms with Gasteiger partial charge in [-0.3, -0.25) is 4.79 Å². The molecule has 7 heteroatoms. The Bertz CT molecular complexity index is 714. The molecular weight excluding hydrogens is 330 g/mol. The lowest BCUT2D eigenvalue weighted by Crippen LogP contribution is -2.47. The third kappa shape index (κ3) is 3.89. The van der Waals surface area contributed by atoms with Crippen LogP contribution in [0.4, 0.5) is 0 Å². The fourth-order valence-electron chi connectivity index (χ4n) is 2.92. The number of aliphatic carboxylic acids is 1. The van der Waals surface area contributed by atoms with Crippen LogP contribution in [-0.4, -0.2) is 42.5 Å². The molecule has 24 heavy (non-hydrogen) atoms. The Morgan fingerprint density at radius 1 is 1.33 bits per heavy atom. The first-order valence-corrected chi connectivity index (χ1v) is 9.59. The van der Waals surface area contributed by atoms with Crippen molar-refractivity contribution in [2.45, 2.75) is 57.6 Å². The predicted octanol–water partition coefficient (Wildman–Crippen LogP) is 2.66. The monoisotopic (exact) mass is 355 g/mol. The van der Waals surface area contributed by atoms with Crippen molar-refractivity contribution in [3.63, 3.8) is 0 Å². The second-order valence-electron chi connectivity index (χ2n) is 6.63. The number of nitrogens with zero attached hydrogens (tertiary/aromatic N) is 1. The number of benzene rings is 1. The zero-order chi connectivity index (χ0) is 18.1. The SMILES string of the molecule is Cc1cc(S(=O)(=O)N2CC(C(=O)O)CCC2C)ccc1OC(C)C. The van der Waals surface area contributed by atoms with Crippen molar-refractivity contribution in [2.24, 2.45) is 5.92 Å². The lowest BCUT2D eigenvalue weighted by atomic mass is 9.96. The van der Waals surface area contributed by atoms with E-state index in [0.717, 1.165) is 5.56 Å². The average Bonchev–Trinajstić information content (AvgIpc) is 2.48. The van der Waals surface area contributed by atoms with Crippen LogP contribution in [0.15, 0.2) is 23.1 Å².